The largest absolute Gasteiger partial charge is 0.328 e. The Kier molecular flexibility index (Phi) is 7.74. The number of tetrazole rings is 1. The predicted octanol–water partition coefficient (Wildman–Crippen LogP) is 6.87. The number of fused-ring (bicyclic) bond motifs is 1. The first kappa shape index (κ1) is 27.3. The van der Waals surface area contributed by atoms with Crippen molar-refractivity contribution >= 4 is 55.8 Å². The zero-order valence-corrected chi connectivity index (χ0v) is 24.2. The summed E-state index contributed by atoms with van der Waals surface area (Å²) in [6.07, 6.45) is 6.93. The molecule has 0 saturated heterocycles. The minimum Gasteiger partial charge on any atom is -0.290 e. The highest BCUT2D eigenvalue weighted by molar-refractivity contribution is 7.22. The summed E-state index contributed by atoms with van der Waals surface area (Å²) in [5.74, 6) is -0.258. The lowest BCUT2D eigenvalue weighted by Gasteiger charge is -2.23. The molecule has 3 amide bonds. The third-order valence-corrected chi connectivity index (χ3v) is 8.61. The van der Waals surface area contributed by atoms with Crippen LogP contribution in [0.15, 0.2) is 66.7 Å². The summed E-state index contributed by atoms with van der Waals surface area (Å²) in [5, 5.41) is 19.4. The smallest absolute Gasteiger partial charge is 0.290 e. The molecule has 0 bridgehead atoms. The van der Waals surface area contributed by atoms with Crippen LogP contribution >= 0.6 is 11.3 Å². The van der Waals surface area contributed by atoms with Crippen LogP contribution < -0.4 is 15.5 Å². The number of H-pyrrole nitrogens is 1. The van der Waals surface area contributed by atoms with Crippen LogP contribution in [0.3, 0.4) is 0 Å². The normalized spacial score (nSPS) is 13.0. The number of hydrogen-bond acceptors (Lipinski definition) is 7. The molecule has 0 atom stereocenters. The van der Waals surface area contributed by atoms with Gasteiger partial charge in [0.1, 0.15) is 0 Å². The van der Waals surface area contributed by atoms with Crippen LogP contribution in [0, 0.1) is 13.8 Å². The van der Waals surface area contributed by atoms with E-state index in [2.05, 4.69) is 68.3 Å². The Morgan fingerprint density at radius 1 is 0.976 bits per heavy atom. The fourth-order valence-corrected chi connectivity index (χ4v) is 6.01. The molecule has 212 valence electrons. The molecule has 2 heterocycles. The fourth-order valence-electron chi connectivity index (χ4n) is 5.00. The van der Waals surface area contributed by atoms with Gasteiger partial charge in [-0.3, -0.25) is 20.3 Å². The van der Waals surface area contributed by atoms with Gasteiger partial charge in [-0.1, -0.05) is 52.8 Å². The Morgan fingerprint density at radius 2 is 1.79 bits per heavy atom. The van der Waals surface area contributed by atoms with E-state index >= 15 is 0 Å². The van der Waals surface area contributed by atoms with Crippen LogP contribution in [0.1, 0.15) is 58.3 Å². The van der Waals surface area contributed by atoms with Gasteiger partial charge in [0.05, 0.1) is 16.8 Å². The standard InChI is InChI=1S/C31H30N8O2S/c1-19-8-17-26-27(20(19)2)42-30(32-26)34-31(41)39(25-15-13-23(14-16-25)22-6-4-3-5-7-22)18-21-9-11-24(12-10-21)28(40)33-29-35-37-38-36-29/h6,8-17H,3-5,7,18H2,1-2H3,(H,32,34,41)(H2,33,35,36,37,38,40). The highest BCUT2D eigenvalue weighted by Gasteiger charge is 2.20. The van der Waals surface area contributed by atoms with E-state index in [0.29, 0.717) is 17.2 Å². The second-order valence-corrected chi connectivity index (χ2v) is 11.3. The molecule has 1 aliphatic rings. The van der Waals surface area contributed by atoms with Gasteiger partial charge in [0, 0.05) is 11.3 Å². The van der Waals surface area contributed by atoms with Crippen LogP contribution in [0.5, 0.6) is 0 Å². The topological polar surface area (TPSA) is 129 Å². The molecule has 42 heavy (non-hydrogen) atoms. The lowest BCUT2D eigenvalue weighted by Crippen LogP contribution is -2.34. The van der Waals surface area contributed by atoms with E-state index < -0.39 is 0 Å². The summed E-state index contributed by atoms with van der Waals surface area (Å²) in [6.45, 7) is 4.44. The number of hydrogen-bond donors (Lipinski definition) is 3. The van der Waals surface area contributed by atoms with Crippen molar-refractivity contribution in [2.45, 2.75) is 46.1 Å². The number of benzene rings is 3. The molecule has 1 aliphatic carbocycles. The number of thiazole rings is 1. The summed E-state index contributed by atoms with van der Waals surface area (Å²) in [6, 6.07) is 19.0. The molecule has 0 aliphatic heterocycles. The van der Waals surface area contributed by atoms with E-state index in [0.717, 1.165) is 34.3 Å². The number of carbonyl (C=O) groups excluding carboxylic acids is 2. The molecule has 3 aromatic carbocycles. The van der Waals surface area contributed by atoms with Gasteiger partial charge in [-0.2, -0.15) is 5.21 Å². The van der Waals surface area contributed by atoms with E-state index in [4.69, 9.17) is 0 Å². The molecule has 5 aromatic rings. The third kappa shape index (κ3) is 5.91. The summed E-state index contributed by atoms with van der Waals surface area (Å²) in [4.78, 5) is 32.7. The van der Waals surface area contributed by atoms with Gasteiger partial charge in [-0.15, -0.1) is 5.10 Å². The molecule has 0 unspecified atom stereocenters. The van der Waals surface area contributed by atoms with Crippen LogP contribution in [0.2, 0.25) is 0 Å². The summed E-state index contributed by atoms with van der Waals surface area (Å²) < 4.78 is 1.07. The van der Waals surface area contributed by atoms with Gasteiger partial charge in [0.15, 0.2) is 5.13 Å². The minimum absolute atomic E-state index is 0.0968. The molecule has 3 N–H and O–H groups in total. The number of aryl methyl sites for hydroxylation is 2. The van der Waals surface area contributed by atoms with Crippen molar-refractivity contribution in [1.29, 1.82) is 0 Å². The third-order valence-electron chi connectivity index (χ3n) is 7.50. The first-order valence-corrected chi connectivity index (χ1v) is 14.6. The summed E-state index contributed by atoms with van der Waals surface area (Å²) in [7, 11) is 0. The van der Waals surface area contributed by atoms with E-state index in [1.165, 1.54) is 46.4 Å². The number of nitrogens with one attached hydrogen (secondary N) is 3. The van der Waals surface area contributed by atoms with E-state index in [1.54, 1.807) is 17.0 Å². The average Bonchev–Trinajstić information content (AvgIpc) is 3.69. The number of aromatic nitrogens is 5. The zero-order chi connectivity index (χ0) is 29.1. The van der Waals surface area contributed by atoms with Crippen molar-refractivity contribution in [2.75, 3.05) is 15.5 Å². The Morgan fingerprint density at radius 3 is 2.50 bits per heavy atom. The number of urea groups is 1. The van der Waals surface area contributed by atoms with Crippen molar-refractivity contribution in [1.82, 2.24) is 25.6 Å². The Bertz CT molecular complexity index is 1760. The van der Waals surface area contributed by atoms with Gasteiger partial charge in [0.25, 0.3) is 11.9 Å². The van der Waals surface area contributed by atoms with E-state index in [9.17, 15) is 9.59 Å². The van der Waals surface area contributed by atoms with Crippen molar-refractivity contribution < 1.29 is 9.59 Å². The van der Waals surface area contributed by atoms with Crippen LogP contribution in [-0.2, 0) is 6.54 Å². The number of rotatable bonds is 7. The number of allylic oxidation sites excluding steroid dienone is 2. The highest BCUT2D eigenvalue weighted by Crippen LogP contribution is 2.32. The molecule has 6 rings (SSSR count). The number of carbonyl (C=O) groups is 2. The lowest BCUT2D eigenvalue weighted by atomic mass is 9.93. The molecule has 0 radical (unpaired) electrons. The van der Waals surface area contributed by atoms with Gasteiger partial charge < -0.3 is 0 Å². The van der Waals surface area contributed by atoms with Crippen LogP contribution in [0.4, 0.5) is 21.6 Å². The van der Waals surface area contributed by atoms with Crippen LogP contribution in [-0.4, -0.2) is 37.5 Å². The van der Waals surface area contributed by atoms with Crippen LogP contribution in [0.25, 0.3) is 15.8 Å². The van der Waals surface area contributed by atoms with Crippen molar-refractivity contribution in [2.24, 2.45) is 0 Å². The maximum absolute atomic E-state index is 13.8. The van der Waals surface area contributed by atoms with E-state index in [1.807, 2.05) is 36.4 Å². The van der Waals surface area contributed by atoms with E-state index in [-0.39, 0.29) is 17.9 Å². The first-order chi connectivity index (χ1) is 20.4. The molecule has 0 fully saturated rings. The van der Waals surface area contributed by atoms with Gasteiger partial charge >= 0.3 is 6.03 Å². The van der Waals surface area contributed by atoms with Crippen molar-refractivity contribution in [3.63, 3.8) is 0 Å². The SMILES string of the molecule is Cc1ccc2nc(NC(=O)N(Cc3ccc(C(=O)Nc4nn[nH]n4)cc3)c3ccc(C4=CCCCC4)cc3)sc2c1C. The number of nitrogens with zero attached hydrogens (tertiary/aromatic N) is 5. The highest BCUT2D eigenvalue weighted by atomic mass is 32.1. The second kappa shape index (κ2) is 11.9. The molecule has 2 aromatic heterocycles. The molecule has 11 heteroatoms. The fraction of sp³-hybridized carbons (Fsp3) is 0.226. The number of aromatic amines is 1. The van der Waals surface area contributed by atoms with Gasteiger partial charge in [0.2, 0.25) is 0 Å². The molecular weight excluding hydrogens is 548 g/mol. The Balaban J connectivity index is 1.25. The maximum atomic E-state index is 13.8. The van der Waals surface area contributed by atoms with Crippen molar-refractivity contribution in [3.8, 4) is 0 Å². The average molecular weight is 579 g/mol. The molecule has 0 saturated carbocycles. The molecule has 0 spiro atoms. The van der Waals surface area contributed by atoms with Crippen molar-refractivity contribution in [3.05, 3.63) is 94.6 Å². The summed E-state index contributed by atoms with van der Waals surface area (Å²) >= 11 is 1.47. The lowest BCUT2D eigenvalue weighted by molar-refractivity contribution is 0.102. The zero-order valence-electron chi connectivity index (χ0n) is 23.3. The van der Waals surface area contributed by atoms with Gasteiger partial charge in [-0.25, -0.2) is 9.78 Å². The quantitative estimate of drug-likeness (QED) is 0.193. The van der Waals surface area contributed by atoms with Gasteiger partial charge in [-0.05, 0) is 103 Å². The Hall–Kier alpha value is -4.90. The second-order valence-electron chi connectivity index (χ2n) is 10.3. The molecule has 10 nitrogen and oxygen atoms in total. The predicted molar refractivity (Wildman–Crippen MR) is 166 cm³/mol. The monoisotopic (exact) mass is 578 g/mol. The summed E-state index contributed by atoms with van der Waals surface area (Å²) in [5.41, 5.74) is 7.82. The first-order valence-electron chi connectivity index (χ1n) is 13.8. The Labute approximate surface area is 246 Å². The number of anilines is 3. The molecular formula is C31H30N8O2S. The maximum Gasteiger partial charge on any atom is 0.328 e. The number of amides is 3. The minimum atomic E-state index is -0.355.